The van der Waals surface area contributed by atoms with E-state index in [0.717, 1.165) is 23.7 Å². The summed E-state index contributed by atoms with van der Waals surface area (Å²) in [6, 6.07) is 8.21. The van der Waals surface area contributed by atoms with Gasteiger partial charge in [-0.3, -0.25) is 14.4 Å². The third kappa shape index (κ3) is 6.45. The average molecular weight is 479 g/mol. The van der Waals surface area contributed by atoms with E-state index in [1.54, 1.807) is 35.2 Å². The van der Waals surface area contributed by atoms with Gasteiger partial charge in [0, 0.05) is 44.6 Å². The normalized spacial score (nSPS) is 16.4. The smallest absolute Gasteiger partial charge is 0.352 e. The van der Waals surface area contributed by atoms with E-state index in [9.17, 15) is 27.6 Å². The number of para-hydroxylation sites is 1. The van der Waals surface area contributed by atoms with Gasteiger partial charge in [-0.15, -0.1) is 0 Å². The number of alkyl halides is 3. The molecule has 1 N–H and O–H groups in total. The predicted octanol–water partition coefficient (Wildman–Crippen LogP) is 4.01. The summed E-state index contributed by atoms with van der Waals surface area (Å²) in [6.45, 7) is 3.07. The molecule has 1 aromatic heterocycles. The number of likely N-dealkylation sites (tertiary alicyclic amines) is 1. The van der Waals surface area contributed by atoms with E-state index < -0.39 is 23.3 Å². The standard InChI is InChI=1S/C24H29F3N4O3/c1-2-8-21(33)30-14-7-9-17(15-30)20(32)12-6-13-28-23(34)19-16-31(18-10-4-3-5-11-18)29-22(19)24(25,26)27/h3-5,10-11,16-17H,2,6-9,12-15H2,1H3,(H,28,34). The van der Waals surface area contributed by atoms with Crippen LogP contribution in [-0.2, 0) is 15.8 Å². The summed E-state index contributed by atoms with van der Waals surface area (Å²) in [7, 11) is 0. The molecule has 1 aromatic carbocycles. The van der Waals surface area contributed by atoms with E-state index in [4.69, 9.17) is 0 Å². The molecule has 1 atom stereocenters. The van der Waals surface area contributed by atoms with Crippen LogP contribution in [0.5, 0.6) is 0 Å². The molecule has 3 rings (SSSR count). The summed E-state index contributed by atoms with van der Waals surface area (Å²) in [5.41, 5.74) is -1.43. The third-order valence-corrected chi connectivity index (χ3v) is 5.83. The quantitative estimate of drug-likeness (QED) is 0.552. The predicted molar refractivity (Wildman–Crippen MR) is 119 cm³/mol. The molecule has 1 saturated heterocycles. The second-order valence-electron chi connectivity index (χ2n) is 8.42. The Morgan fingerprint density at radius 2 is 1.88 bits per heavy atom. The fourth-order valence-electron chi connectivity index (χ4n) is 4.06. The van der Waals surface area contributed by atoms with Gasteiger partial charge in [0.05, 0.1) is 11.3 Å². The van der Waals surface area contributed by atoms with E-state index in [0.29, 0.717) is 38.0 Å². The number of aromatic nitrogens is 2. The molecule has 0 spiro atoms. The number of hydrogen-bond acceptors (Lipinski definition) is 4. The number of ketones is 1. The zero-order valence-corrected chi connectivity index (χ0v) is 19.1. The van der Waals surface area contributed by atoms with Crippen LogP contribution >= 0.6 is 0 Å². The monoisotopic (exact) mass is 478 g/mol. The molecule has 2 heterocycles. The number of piperidine rings is 1. The zero-order valence-electron chi connectivity index (χ0n) is 19.1. The second kappa shape index (κ2) is 11.3. The molecule has 1 aliphatic heterocycles. The third-order valence-electron chi connectivity index (χ3n) is 5.83. The van der Waals surface area contributed by atoms with Gasteiger partial charge in [0.2, 0.25) is 5.91 Å². The maximum absolute atomic E-state index is 13.4. The van der Waals surface area contributed by atoms with Gasteiger partial charge in [-0.25, -0.2) is 4.68 Å². The first-order chi connectivity index (χ1) is 16.2. The van der Waals surface area contributed by atoms with Crippen molar-refractivity contribution >= 4 is 17.6 Å². The molecule has 2 aromatic rings. The molecule has 0 saturated carbocycles. The van der Waals surface area contributed by atoms with E-state index in [1.165, 1.54) is 0 Å². The van der Waals surface area contributed by atoms with Crippen LogP contribution in [0.3, 0.4) is 0 Å². The van der Waals surface area contributed by atoms with Gasteiger partial charge in [-0.1, -0.05) is 25.1 Å². The van der Waals surface area contributed by atoms with E-state index in [2.05, 4.69) is 10.4 Å². The Hall–Kier alpha value is -3.17. The van der Waals surface area contributed by atoms with Crippen molar-refractivity contribution < 1.29 is 27.6 Å². The number of halogens is 3. The van der Waals surface area contributed by atoms with Crippen molar-refractivity contribution in [1.82, 2.24) is 20.0 Å². The van der Waals surface area contributed by atoms with Gasteiger partial charge in [0.25, 0.3) is 5.91 Å². The SMILES string of the molecule is CCCC(=O)N1CCCC(C(=O)CCCNC(=O)c2cn(-c3ccccc3)nc2C(F)(F)F)C1. The Kier molecular flexibility index (Phi) is 8.46. The maximum Gasteiger partial charge on any atom is 0.435 e. The van der Waals surface area contributed by atoms with Crippen LogP contribution in [0.1, 0.15) is 61.5 Å². The van der Waals surface area contributed by atoms with Crippen LogP contribution in [0.15, 0.2) is 36.5 Å². The molecule has 10 heteroatoms. The Bertz CT molecular complexity index is 1000. The Balaban J connectivity index is 1.54. The van der Waals surface area contributed by atoms with Crippen molar-refractivity contribution in [2.24, 2.45) is 5.92 Å². The summed E-state index contributed by atoms with van der Waals surface area (Å²) >= 11 is 0. The van der Waals surface area contributed by atoms with Gasteiger partial charge in [0.1, 0.15) is 5.78 Å². The van der Waals surface area contributed by atoms with Crippen molar-refractivity contribution in [2.45, 2.75) is 51.6 Å². The molecule has 0 bridgehead atoms. The summed E-state index contributed by atoms with van der Waals surface area (Å²) in [5.74, 6) is -1.05. The molecular weight excluding hydrogens is 449 g/mol. The Morgan fingerprint density at radius 1 is 1.15 bits per heavy atom. The first-order valence-electron chi connectivity index (χ1n) is 11.5. The first-order valence-corrected chi connectivity index (χ1v) is 11.5. The summed E-state index contributed by atoms with van der Waals surface area (Å²) in [5, 5.41) is 6.04. The van der Waals surface area contributed by atoms with Crippen LogP contribution in [-0.4, -0.2) is 51.9 Å². The summed E-state index contributed by atoms with van der Waals surface area (Å²) in [6.07, 6.45) is -0.522. The minimum absolute atomic E-state index is 0.0103. The van der Waals surface area contributed by atoms with Gasteiger partial charge < -0.3 is 10.2 Å². The molecule has 184 valence electrons. The van der Waals surface area contributed by atoms with Gasteiger partial charge in [-0.05, 0) is 37.8 Å². The van der Waals surface area contributed by atoms with E-state index in [-0.39, 0.29) is 30.6 Å². The number of rotatable bonds is 9. The number of nitrogens with one attached hydrogen (secondary N) is 1. The van der Waals surface area contributed by atoms with Crippen molar-refractivity contribution in [1.29, 1.82) is 0 Å². The van der Waals surface area contributed by atoms with Gasteiger partial charge >= 0.3 is 6.18 Å². The highest BCUT2D eigenvalue weighted by Gasteiger charge is 2.39. The highest BCUT2D eigenvalue weighted by Crippen LogP contribution is 2.31. The van der Waals surface area contributed by atoms with Crippen molar-refractivity contribution in [3.63, 3.8) is 0 Å². The molecule has 7 nitrogen and oxygen atoms in total. The van der Waals surface area contributed by atoms with Crippen molar-refractivity contribution in [2.75, 3.05) is 19.6 Å². The number of carbonyl (C=O) groups is 3. The van der Waals surface area contributed by atoms with Gasteiger partial charge in [-0.2, -0.15) is 18.3 Å². The minimum Gasteiger partial charge on any atom is -0.352 e. The Morgan fingerprint density at radius 3 is 2.56 bits per heavy atom. The molecular formula is C24H29F3N4O3. The van der Waals surface area contributed by atoms with Crippen LogP contribution in [0.4, 0.5) is 13.2 Å². The van der Waals surface area contributed by atoms with E-state index >= 15 is 0 Å². The highest BCUT2D eigenvalue weighted by atomic mass is 19.4. The number of Topliss-reactive ketones (excluding diaryl/α,β-unsaturated/α-hetero) is 1. The molecule has 2 amide bonds. The lowest BCUT2D eigenvalue weighted by Gasteiger charge is -2.32. The second-order valence-corrected chi connectivity index (χ2v) is 8.42. The summed E-state index contributed by atoms with van der Waals surface area (Å²) < 4.78 is 41.4. The first kappa shape index (κ1) is 25.5. The van der Waals surface area contributed by atoms with Gasteiger partial charge in [0.15, 0.2) is 5.69 Å². The van der Waals surface area contributed by atoms with Crippen molar-refractivity contribution in [3.8, 4) is 5.69 Å². The van der Waals surface area contributed by atoms with Crippen LogP contribution in [0.2, 0.25) is 0 Å². The number of hydrogen-bond donors (Lipinski definition) is 1. The molecule has 1 fully saturated rings. The van der Waals surface area contributed by atoms with Crippen molar-refractivity contribution in [3.05, 3.63) is 47.8 Å². The van der Waals surface area contributed by atoms with Crippen LogP contribution < -0.4 is 5.32 Å². The Labute approximate surface area is 196 Å². The number of nitrogens with zero attached hydrogens (tertiary/aromatic N) is 3. The maximum atomic E-state index is 13.4. The molecule has 0 aliphatic carbocycles. The topological polar surface area (TPSA) is 84.3 Å². The van der Waals surface area contributed by atoms with Crippen LogP contribution in [0, 0.1) is 5.92 Å². The minimum atomic E-state index is -4.79. The number of benzene rings is 1. The molecule has 0 radical (unpaired) electrons. The average Bonchev–Trinajstić information content (AvgIpc) is 3.29. The lowest BCUT2D eigenvalue weighted by atomic mass is 9.91. The number of amides is 2. The molecule has 1 unspecified atom stereocenters. The zero-order chi connectivity index (χ0) is 24.7. The lowest BCUT2D eigenvalue weighted by molar-refractivity contribution is -0.141. The fourth-order valence-corrected chi connectivity index (χ4v) is 4.06. The largest absolute Gasteiger partial charge is 0.435 e. The number of carbonyl (C=O) groups excluding carboxylic acids is 3. The van der Waals surface area contributed by atoms with Crippen LogP contribution in [0.25, 0.3) is 5.69 Å². The molecule has 1 aliphatic rings. The fraction of sp³-hybridized carbons (Fsp3) is 0.500. The van der Waals surface area contributed by atoms with E-state index in [1.807, 2.05) is 6.92 Å². The summed E-state index contributed by atoms with van der Waals surface area (Å²) in [4.78, 5) is 38.9. The molecule has 34 heavy (non-hydrogen) atoms. The lowest BCUT2D eigenvalue weighted by Crippen LogP contribution is -2.42. The highest BCUT2D eigenvalue weighted by molar-refractivity contribution is 5.95.